The fourth-order valence-corrected chi connectivity index (χ4v) is 5.99. The Balaban J connectivity index is 1.59. The molecule has 0 bridgehead atoms. The Morgan fingerprint density at radius 2 is 1.92 bits per heavy atom. The SMILES string of the molecule is CN(c1ccc2[nH]c3ncc(-c4ccc(F)cc4)c(C4=CC=CCC4)c3c2c1)S(=O)(=O)c1cn(C)cn1. The highest BCUT2D eigenvalue weighted by molar-refractivity contribution is 7.92. The molecule has 0 radical (unpaired) electrons. The number of anilines is 1. The van der Waals surface area contributed by atoms with Gasteiger partial charge < -0.3 is 9.55 Å². The predicted molar refractivity (Wildman–Crippen MR) is 144 cm³/mol. The van der Waals surface area contributed by atoms with Gasteiger partial charge in [-0.1, -0.05) is 30.4 Å². The van der Waals surface area contributed by atoms with Crippen LogP contribution in [0.4, 0.5) is 10.1 Å². The maximum Gasteiger partial charge on any atom is 0.283 e. The van der Waals surface area contributed by atoms with Crippen LogP contribution in [-0.4, -0.2) is 35.0 Å². The molecule has 0 saturated heterocycles. The average molecular weight is 514 g/mol. The van der Waals surface area contributed by atoms with Crippen LogP contribution in [0.15, 0.2) is 84.4 Å². The molecule has 0 unspecified atom stereocenters. The van der Waals surface area contributed by atoms with Crippen molar-refractivity contribution in [2.24, 2.45) is 7.05 Å². The van der Waals surface area contributed by atoms with Gasteiger partial charge in [0.05, 0.1) is 12.0 Å². The molecule has 9 heteroatoms. The van der Waals surface area contributed by atoms with Gasteiger partial charge in [0.1, 0.15) is 11.5 Å². The van der Waals surface area contributed by atoms with E-state index in [1.165, 1.54) is 36.0 Å². The van der Waals surface area contributed by atoms with Gasteiger partial charge in [0.2, 0.25) is 0 Å². The Morgan fingerprint density at radius 1 is 1.11 bits per heavy atom. The molecule has 6 rings (SSSR count). The van der Waals surface area contributed by atoms with E-state index < -0.39 is 10.0 Å². The molecule has 37 heavy (non-hydrogen) atoms. The average Bonchev–Trinajstić information content (AvgIpc) is 3.52. The number of benzene rings is 2. The summed E-state index contributed by atoms with van der Waals surface area (Å²) in [6.07, 6.45) is 12.8. The van der Waals surface area contributed by atoms with Gasteiger partial charge in [0.25, 0.3) is 10.0 Å². The quantitative estimate of drug-likeness (QED) is 0.321. The minimum atomic E-state index is -3.84. The lowest BCUT2D eigenvalue weighted by Gasteiger charge is -2.19. The summed E-state index contributed by atoms with van der Waals surface area (Å²) >= 11 is 0. The molecule has 0 saturated carbocycles. The second-order valence-corrected chi connectivity index (χ2v) is 11.1. The summed E-state index contributed by atoms with van der Waals surface area (Å²) in [7, 11) is -0.589. The Kier molecular flexibility index (Phi) is 5.45. The number of hydrogen-bond acceptors (Lipinski definition) is 4. The predicted octanol–water partition coefficient (Wildman–Crippen LogP) is 5.81. The van der Waals surface area contributed by atoms with E-state index in [4.69, 9.17) is 4.98 Å². The first kappa shape index (κ1) is 23.2. The summed E-state index contributed by atoms with van der Waals surface area (Å²) in [6, 6.07) is 11.9. The number of aromatic nitrogens is 4. The number of imidazole rings is 1. The zero-order valence-corrected chi connectivity index (χ0v) is 21.1. The van der Waals surface area contributed by atoms with Crippen molar-refractivity contribution in [3.05, 3.63) is 90.8 Å². The number of hydrogen-bond donors (Lipinski definition) is 1. The van der Waals surface area contributed by atoms with Crippen molar-refractivity contribution >= 4 is 43.2 Å². The van der Waals surface area contributed by atoms with Crippen LogP contribution >= 0.6 is 0 Å². The molecule has 0 fully saturated rings. The molecular weight excluding hydrogens is 489 g/mol. The van der Waals surface area contributed by atoms with Gasteiger partial charge in [-0.25, -0.2) is 14.4 Å². The van der Waals surface area contributed by atoms with Crippen LogP contribution < -0.4 is 4.31 Å². The van der Waals surface area contributed by atoms with E-state index in [-0.39, 0.29) is 10.8 Å². The number of sulfonamides is 1. The molecule has 5 aromatic rings. The molecule has 0 spiro atoms. The maximum absolute atomic E-state index is 13.7. The van der Waals surface area contributed by atoms with E-state index in [1.54, 1.807) is 29.8 Å². The highest BCUT2D eigenvalue weighted by atomic mass is 32.2. The highest BCUT2D eigenvalue weighted by Gasteiger charge is 2.25. The first-order valence-electron chi connectivity index (χ1n) is 11.9. The molecule has 1 aliphatic carbocycles. The lowest BCUT2D eigenvalue weighted by molar-refractivity contribution is 0.591. The molecule has 1 aliphatic rings. The van der Waals surface area contributed by atoms with Crippen LogP contribution in [0.25, 0.3) is 38.6 Å². The smallest absolute Gasteiger partial charge is 0.283 e. The van der Waals surface area contributed by atoms with Gasteiger partial charge >= 0.3 is 0 Å². The number of pyridine rings is 1. The zero-order valence-electron chi connectivity index (χ0n) is 20.3. The Bertz CT molecular complexity index is 1830. The molecule has 2 aromatic carbocycles. The van der Waals surface area contributed by atoms with Crippen molar-refractivity contribution in [3.8, 4) is 11.1 Å². The molecule has 0 aliphatic heterocycles. The van der Waals surface area contributed by atoms with Crippen LogP contribution in [0.5, 0.6) is 0 Å². The lowest BCUT2D eigenvalue weighted by Crippen LogP contribution is -2.26. The minimum Gasteiger partial charge on any atom is -0.339 e. The third-order valence-electron chi connectivity index (χ3n) is 6.76. The summed E-state index contributed by atoms with van der Waals surface area (Å²) in [6.45, 7) is 0. The second kappa shape index (κ2) is 8.70. The molecule has 0 amide bonds. The minimum absolute atomic E-state index is 0.0170. The Labute approximate surface area is 213 Å². The van der Waals surface area contributed by atoms with E-state index in [9.17, 15) is 12.8 Å². The summed E-state index contributed by atoms with van der Waals surface area (Å²) in [5, 5.41) is 1.75. The van der Waals surface area contributed by atoms with Crippen LogP contribution in [-0.2, 0) is 17.1 Å². The van der Waals surface area contributed by atoms with Crippen molar-refractivity contribution in [1.82, 2.24) is 19.5 Å². The number of nitrogens with one attached hydrogen (secondary N) is 1. The number of nitrogens with zero attached hydrogens (tertiary/aromatic N) is 4. The molecule has 1 N–H and O–H groups in total. The first-order chi connectivity index (χ1) is 17.8. The zero-order chi connectivity index (χ0) is 25.7. The van der Waals surface area contributed by atoms with Gasteiger partial charge in [-0.2, -0.15) is 8.42 Å². The summed E-state index contributed by atoms with van der Waals surface area (Å²) < 4.78 is 43.0. The maximum atomic E-state index is 13.7. The van der Waals surface area contributed by atoms with E-state index in [1.807, 2.05) is 24.4 Å². The summed E-state index contributed by atoms with van der Waals surface area (Å²) in [4.78, 5) is 12.1. The molecule has 0 atom stereocenters. The molecule has 3 heterocycles. The van der Waals surface area contributed by atoms with Crippen molar-refractivity contribution in [3.63, 3.8) is 0 Å². The third-order valence-corrected chi connectivity index (χ3v) is 8.44. The van der Waals surface area contributed by atoms with E-state index >= 15 is 0 Å². The van der Waals surface area contributed by atoms with E-state index in [0.29, 0.717) is 11.3 Å². The van der Waals surface area contributed by atoms with E-state index in [0.717, 1.165) is 51.4 Å². The number of aromatic amines is 1. The van der Waals surface area contributed by atoms with Gasteiger partial charge in [-0.05, 0) is 59.9 Å². The normalized spacial score (nSPS) is 13.9. The van der Waals surface area contributed by atoms with Crippen LogP contribution in [0, 0.1) is 5.82 Å². The highest BCUT2D eigenvalue weighted by Crippen LogP contribution is 2.41. The van der Waals surface area contributed by atoms with Crippen molar-refractivity contribution in [1.29, 1.82) is 0 Å². The van der Waals surface area contributed by atoms with Crippen LogP contribution in [0.2, 0.25) is 0 Å². The molecule has 186 valence electrons. The lowest BCUT2D eigenvalue weighted by atomic mass is 9.88. The number of halogens is 1. The van der Waals surface area contributed by atoms with Gasteiger partial charge in [-0.15, -0.1) is 0 Å². The van der Waals surface area contributed by atoms with Crippen molar-refractivity contribution in [2.75, 3.05) is 11.4 Å². The summed E-state index contributed by atoms with van der Waals surface area (Å²) in [5.74, 6) is -0.298. The first-order valence-corrected chi connectivity index (χ1v) is 13.3. The topological polar surface area (TPSA) is 83.9 Å². The van der Waals surface area contributed by atoms with Gasteiger partial charge in [0, 0.05) is 48.3 Å². The van der Waals surface area contributed by atoms with Crippen molar-refractivity contribution < 1.29 is 12.8 Å². The van der Waals surface area contributed by atoms with Gasteiger partial charge in [0.15, 0.2) is 5.03 Å². The Morgan fingerprint density at radius 3 is 2.62 bits per heavy atom. The second-order valence-electron chi connectivity index (χ2n) is 9.14. The largest absolute Gasteiger partial charge is 0.339 e. The third kappa shape index (κ3) is 3.92. The van der Waals surface area contributed by atoms with Gasteiger partial charge in [-0.3, -0.25) is 4.31 Å². The number of allylic oxidation sites excluding steroid dienone is 4. The fraction of sp³-hybridized carbons (Fsp3) is 0.143. The number of fused-ring (bicyclic) bond motifs is 3. The van der Waals surface area contributed by atoms with Crippen LogP contribution in [0.3, 0.4) is 0 Å². The van der Waals surface area contributed by atoms with Crippen LogP contribution in [0.1, 0.15) is 18.4 Å². The number of rotatable bonds is 5. The monoisotopic (exact) mass is 513 g/mol. The number of aryl methyl sites for hydroxylation is 1. The number of H-pyrrole nitrogens is 1. The molecule has 7 nitrogen and oxygen atoms in total. The van der Waals surface area contributed by atoms with Crippen molar-refractivity contribution in [2.45, 2.75) is 17.9 Å². The standard InChI is InChI=1S/C28H24FN5O2S/c1-33-16-25(31-17-33)37(35,36)34(2)21-12-13-24-22(14-21)27-26(19-6-4-3-5-7-19)23(15-30-28(27)32-24)18-8-10-20(29)11-9-18/h3-4,6,8-17H,5,7H2,1-2H3,(H,30,32). The molecular formula is C28H24FN5O2S. The molecule has 3 aromatic heterocycles. The van der Waals surface area contributed by atoms with E-state index in [2.05, 4.69) is 22.1 Å². The fourth-order valence-electron chi connectivity index (χ4n) is 4.83. The Hall–Kier alpha value is -4.24. The summed E-state index contributed by atoms with van der Waals surface area (Å²) in [5.41, 5.74) is 5.98.